The molecule has 0 spiro atoms. The van der Waals surface area contributed by atoms with E-state index in [1.54, 1.807) is 12.1 Å². The number of benzene rings is 1. The van der Waals surface area contributed by atoms with Crippen LogP contribution in [0.2, 0.25) is 0 Å². The highest BCUT2D eigenvalue weighted by Gasteiger charge is 2.16. The molecule has 2 rings (SSSR count). The lowest BCUT2D eigenvalue weighted by Gasteiger charge is -2.11. The number of hydrogen-bond acceptors (Lipinski definition) is 3. The Kier molecular flexibility index (Phi) is 4.66. The molecular weight excluding hydrogens is 244 g/mol. The number of nitrogens with one attached hydrogen (secondary N) is 1. The van der Waals surface area contributed by atoms with Crippen molar-refractivity contribution in [2.45, 2.75) is 36.6 Å². The fourth-order valence-electron chi connectivity index (χ4n) is 2.11. The Bertz CT molecular complexity index is 444. The van der Waals surface area contributed by atoms with E-state index >= 15 is 0 Å². The molecule has 94 valence electrons. The number of hydrogen-bond donors (Lipinski definition) is 1. The zero-order chi connectivity index (χ0) is 12.8. The minimum absolute atomic E-state index is 0.108. The molecule has 1 aromatic carbocycles. The lowest BCUT2D eigenvalue weighted by atomic mass is 10.2. The molecule has 1 N–H and O–H groups in total. The lowest BCUT2D eigenvalue weighted by molar-refractivity contribution is -0.119. The van der Waals surface area contributed by atoms with E-state index < -0.39 is 0 Å². The van der Waals surface area contributed by atoms with E-state index in [-0.39, 0.29) is 5.91 Å². The van der Waals surface area contributed by atoms with Crippen LogP contribution in [0.1, 0.15) is 31.2 Å². The zero-order valence-electron chi connectivity index (χ0n) is 10.2. The first-order valence-electron chi connectivity index (χ1n) is 6.20. The highest BCUT2D eigenvalue weighted by molar-refractivity contribution is 8.00. The van der Waals surface area contributed by atoms with E-state index in [1.807, 2.05) is 12.1 Å². The van der Waals surface area contributed by atoms with E-state index in [4.69, 9.17) is 5.26 Å². The molecule has 0 aliphatic heterocycles. The molecule has 1 saturated carbocycles. The van der Waals surface area contributed by atoms with Crippen molar-refractivity contribution < 1.29 is 4.79 Å². The Balaban J connectivity index is 1.76. The first-order chi connectivity index (χ1) is 8.78. The summed E-state index contributed by atoms with van der Waals surface area (Å²) in [4.78, 5) is 12.7. The maximum Gasteiger partial charge on any atom is 0.230 e. The van der Waals surface area contributed by atoms with Gasteiger partial charge in [-0.3, -0.25) is 4.79 Å². The van der Waals surface area contributed by atoms with Crippen LogP contribution < -0.4 is 5.32 Å². The molecule has 0 aromatic heterocycles. The Morgan fingerprint density at radius 2 is 2.00 bits per heavy atom. The van der Waals surface area contributed by atoms with Crippen LogP contribution in [-0.2, 0) is 4.79 Å². The van der Waals surface area contributed by atoms with Crippen molar-refractivity contribution in [1.82, 2.24) is 5.32 Å². The van der Waals surface area contributed by atoms with Crippen molar-refractivity contribution in [1.29, 1.82) is 5.26 Å². The fraction of sp³-hybridized carbons (Fsp3) is 0.429. The molecular formula is C14H16N2OS. The summed E-state index contributed by atoms with van der Waals surface area (Å²) in [6.45, 7) is 0. The van der Waals surface area contributed by atoms with Gasteiger partial charge in [0.05, 0.1) is 17.4 Å². The first kappa shape index (κ1) is 13.0. The second-order valence-corrected chi connectivity index (χ2v) is 5.52. The Hall–Kier alpha value is -1.47. The SMILES string of the molecule is N#Cc1ccc(SCC(=O)NC2CCCC2)cc1. The second kappa shape index (κ2) is 6.46. The number of nitrogens with zero attached hydrogens (tertiary/aromatic N) is 1. The van der Waals surface area contributed by atoms with Gasteiger partial charge in [-0.05, 0) is 37.1 Å². The third-order valence-corrected chi connectivity index (χ3v) is 4.09. The number of carbonyl (C=O) groups excluding carboxylic acids is 1. The van der Waals surface area contributed by atoms with Crippen LogP contribution in [0.4, 0.5) is 0 Å². The highest BCUT2D eigenvalue weighted by atomic mass is 32.2. The van der Waals surface area contributed by atoms with Gasteiger partial charge >= 0.3 is 0 Å². The Morgan fingerprint density at radius 1 is 1.33 bits per heavy atom. The molecule has 3 nitrogen and oxygen atoms in total. The molecule has 18 heavy (non-hydrogen) atoms. The molecule has 1 aliphatic carbocycles. The molecule has 1 fully saturated rings. The number of rotatable bonds is 4. The third-order valence-electron chi connectivity index (χ3n) is 3.07. The number of nitriles is 1. The first-order valence-corrected chi connectivity index (χ1v) is 7.19. The maximum atomic E-state index is 11.7. The summed E-state index contributed by atoms with van der Waals surface area (Å²) < 4.78 is 0. The highest BCUT2D eigenvalue weighted by Crippen LogP contribution is 2.20. The average molecular weight is 260 g/mol. The molecule has 0 atom stereocenters. The van der Waals surface area contributed by atoms with Crippen LogP contribution >= 0.6 is 11.8 Å². The Labute approximate surface area is 112 Å². The van der Waals surface area contributed by atoms with Crippen molar-refractivity contribution in [3.8, 4) is 6.07 Å². The number of amides is 1. The predicted molar refractivity (Wildman–Crippen MR) is 72.3 cm³/mol. The predicted octanol–water partition coefficient (Wildman–Crippen LogP) is 2.71. The van der Waals surface area contributed by atoms with Crippen molar-refractivity contribution in [2.24, 2.45) is 0 Å². The molecule has 4 heteroatoms. The van der Waals surface area contributed by atoms with Gasteiger partial charge in [-0.25, -0.2) is 0 Å². The van der Waals surface area contributed by atoms with E-state index in [2.05, 4.69) is 11.4 Å². The van der Waals surface area contributed by atoms with Gasteiger partial charge in [0, 0.05) is 10.9 Å². The third kappa shape index (κ3) is 3.78. The van der Waals surface area contributed by atoms with Crippen molar-refractivity contribution >= 4 is 17.7 Å². The molecule has 1 aliphatic rings. The van der Waals surface area contributed by atoms with Crippen molar-refractivity contribution in [2.75, 3.05) is 5.75 Å². The zero-order valence-corrected chi connectivity index (χ0v) is 11.0. The van der Waals surface area contributed by atoms with Gasteiger partial charge in [-0.15, -0.1) is 11.8 Å². The smallest absolute Gasteiger partial charge is 0.230 e. The fourth-order valence-corrected chi connectivity index (χ4v) is 2.82. The summed E-state index contributed by atoms with van der Waals surface area (Å²) in [6.07, 6.45) is 4.70. The standard InChI is InChI=1S/C14H16N2OS/c15-9-11-5-7-13(8-6-11)18-10-14(17)16-12-3-1-2-4-12/h5-8,12H,1-4,10H2,(H,16,17). The lowest BCUT2D eigenvalue weighted by Crippen LogP contribution is -2.33. The van der Waals surface area contributed by atoms with Gasteiger partial charge in [0.2, 0.25) is 5.91 Å². The quantitative estimate of drug-likeness (QED) is 0.847. The summed E-state index contributed by atoms with van der Waals surface area (Å²) in [5, 5.41) is 11.7. The Morgan fingerprint density at radius 3 is 2.61 bits per heavy atom. The molecule has 0 saturated heterocycles. The van der Waals surface area contributed by atoms with Gasteiger partial charge in [0.1, 0.15) is 0 Å². The molecule has 0 bridgehead atoms. The number of thioether (sulfide) groups is 1. The maximum absolute atomic E-state index is 11.7. The molecule has 1 amide bonds. The molecule has 0 unspecified atom stereocenters. The van der Waals surface area contributed by atoms with E-state index in [9.17, 15) is 4.79 Å². The van der Waals surface area contributed by atoms with E-state index in [1.165, 1.54) is 24.6 Å². The molecule has 0 radical (unpaired) electrons. The summed E-state index contributed by atoms with van der Waals surface area (Å²) in [5.41, 5.74) is 0.648. The topological polar surface area (TPSA) is 52.9 Å². The minimum atomic E-state index is 0.108. The van der Waals surface area contributed by atoms with Gasteiger partial charge in [0.25, 0.3) is 0 Å². The minimum Gasteiger partial charge on any atom is -0.353 e. The normalized spacial score (nSPS) is 15.3. The molecule has 0 heterocycles. The van der Waals surface area contributed by atoms with Crippen molar-refractivity contribution in [3.63, 3.8) is 0 Å². The summed E-state index contributed by atoms with van der Waals surface area (Å²) in [7, 11) is 0. The second-order valence-electron chi connectivity index (χ2n) is 4.47. The van der Waals surface area contributed by atoms with Crippen LogP contribution in [0.3, 0.4) is 0 Å². The van der Waals surface area contributed by atoms with Crippen LogP contribution in [0, 0.1) is 11.3 Å². The van der Waals surface area contributed by atoms with Crippen LogP contribution in [0.5, 0.6) is 0 Å². The number of carbonyl (C=O) groups is 1. The van der Waals surface area contributed by atoms with Crippen molar-refractivity contribution in [3.05, 3.63) is 29.8 Å². The molecule has 1 aromatic rings. The van der Waals surface area contributed by atoms with Crippen LogP contribution in [-0.4, -0.2) is 17.7 Å². The average Bonchev–Trinajstić information content (AvgIpc) is 2.90. The van der Waals surface area contributed by atoms with E-state index in [0.29, 0.717) is 17.4 Å². The van der Waals surface area contributed by atoms with E-state index in [0.717, 1.165) is 17.7 Å². The van der Waals surface area contributed by atoms with Crippen LogP contribution in [0.25, 0.3) is 0 Å². The van der Waals surface area contributed by atoms with Gasteiger partial charge in [0.15, 0.2) is 0 Å². The van der Waals surface area contributed by atoms with Gasteiger partial charge in [-0.2, -0.15) is 5.26 Å². The monoisotopic (exact) mass is 260 g/mol. The van der Waals surface area contributed by atoms with Crippen LogP contribution in [0.15, 0.2) is 29.2 Å². The summed E-state index contributed by atoms with van der Waals surface area (Å²) >= 11 is 1.51. The van der Waals surface area contributed by atoms with Gasteiger partial charge in [-0.1, -0.05) is 12.8 Å². The summed E-state index contributed by atoms with van der Waals surface area (Å²) in [6, 6.07) is 9.78. The summed E-state index contributed by atoms with van der Waals surface area (Å²) in [5.74, 6) is 0.554. The van der Waals surface area contributed by atoms with Gasteiger partial charge < -0.3 is 5.32 Å². The largest absolute Gasteiger partial charge is 0.353 e.